The number of piperazine rings is 1. The van der Waals surface area contributed by atoms with Crippen LogP contribution in [0.25, 0.3) is 22.2 Å². The van der Waals surface area contributed by atoms with Crippen LogP contribution in [0.2, 0.25) is 0 Å². The van der Waals surface area contributed by atoms with Crippen molar-refractivity contribution < 1.29 is 50.3 Å². The van der Waals surface area contributed by atoms with Crippen molar-refractivity contribution in [2.45, 2.75) is 50.7 Å². The first-order valence-electron chi connectivity index (χ1n) is 21.4. The maximum absolute atomic E-state index is 15.8. The molecule has 3 aliphatic heterocycles. The number of aromatic amines is 1. The van der Waals surface area contributed by atoms with E-state index in [2.05, 4.69) is 20.6 Å². The molecule has 3 saturated heterocycles. The van der Waals surface area contributed by atoms with E-state index in [4.69, 9.17) is 0 Å². The van der Waals surface area contributed by atoms with Crippen molar-refractivity contribution in [3.8, 4) is 11.1 Å². The van der Waals surface area contributed by atoms with E-state index in [0.717, 1.165) is 16.4 Å². The molecular formula is C45H47F4N9O7S. The number of pyridine rings is 1. The molecule has 5 N–H and O–H groups in total. The van der Waals surface area contributed by atoms with Crippen LogP contribution in [-0.2, 0) is 24.6 Å². The van der Waals surface area contributed by atoms with Crippen molar-refractivity contribution in [1.29, 1.82) is 0 Å². The predicted molar refractivity (Wildman–Crippen MR) is 238 cm³/mol. The highest BCUT2D eigenvalue weighted by Crippen LogP contribution is 2.34. The van der Waals surface area contributed by atoms with Gasteiger partial charge in [0.25, 0.3) is 0 Å². The number of benzene rings is 3. The van der Waals surface area contributed by atoms with Crippen LogP contribution in [0.5, 0.6) is 0 Å². The van der Waals surface area contributed by atoms with Crippen molar-refractivity contribution >= 4 is 67.5 Å². The molecule has 3 amide bonds. The number of carbonyl (C=O) groups is 4. The minimum atomic E-state index is -4.19. The van der Waals surface area contributed by atoms with Gasteiger partial charge in [-0.05, 0) is 73.4 Å². The lowest BCUT2D eigenvalue weighted by Crippen LogP contribution is -2.52. The molecule has 5 heterocycles. The fourth-order valence-corrected chi connectivity index (χ4v) is 9.40. The lowest BCUT2D eigenvalue weighted by molar-refractivity contribution is -0.138. The number of piperidine rings is 2. The Morgan fingerprint density at radius 1 is 0.894 bits per heavy atom. The highest BCUT2D eigenvalue weighted by molar-refractivity contribution is 7.90. The van der Waals surface area contributed by atoms with Gasteiger partial charge >= 0.3 is 10.2 Å². The van der Waals surface area contributed by atoms with Crippen molar-refractivity contribution in [3.63, 3.8) is 0 Å². The van der Waals surface area contributed by atoms with E-state index in [1.54, 1.807) is 45.9 Å². The highest BCUT2D eigenvalue weighted by Gasteiger charge is 2.37. The molecule has 3 aliphatic rings. The van der Waals surface area contributed by atoms with Gasteiger partial charge in [-0.25, -0.2) is 22.5 Å². The van der Waals surface area contributed by atoms with E-state index in [1.165, 1.54) is 37.6 Å². The van der Waals surface area contributed by atoms with Crippen LogP contribution in [0.3, 0.4) is 0 Å². The average molecular weight is 934 g/mol. The van der Waals surface area contributed by atoms with Crippen LogP contribution >= 0.6 is 0 Å². The summed E-state index contributed by atoms with van der Waals surface area (Å²) in [5.74, 6) is -5.80. The van der Waals surface area contributed by atoms with E-state index < -0.39 is 68.1 Å². The van der Waals surface area contributed by atoms with Crippen molar-refractivity contribution in [3.05, 3.63) is 101 Å². The fraction of sp³-hybridized carbons (Fsp3) is 0.356. The molecule has 0 saturated carbocycles. The van der Waals surface area contributed by atoms with Gasteiger partial charge in [0.05, 0.1) is 34.6 Å². The number of ketones is 1. The van der Waals surface area contributed by atoms with Crippen molar-refractivity contribution in [1.82, 2.24) is 24.5 Å². The molecule has 0 radical (unpaired) electrons. The van der Waals surface area contributed by atoms with Gasteiger partial charge in [-0.3, -0.25) is 29.2 Å². The number of halogens is 4. The van der Waals surface area contributed by atoms with E-state index in [9.17, 15) is 32.7 Å². The molecule has 0 bridgehead atoms. The first kappa shape index (κ1) is 46.0. The van der Waals surface area contributed by atoms with Gasteiger partial charge in [-0.2, -0.15) is 12.7 Å². The number of hydrogen-bond acceptors (Lipinski definition) is 11. The summed E-state index contributed by atoms with van der Waals surface area (Å²) in [6.07, 6.45) is 3.50. The Kier molecular flexibility index (Phi) is 12.8. The topological polar surface area (TPSA) is 200 Å². The van der Waals surface area contributed by atoms with E-state index in [0.29, 0.717) is 60.8 Å². The Labute approximate surface area is 377 Å². The Morgan fingerprint density at radius 2 is 1.58 bits per heavy atom. The molecule has 0 spiro atoms. The lowest BCUT2D eigenvalue weighted by Gasteiger charge is -2.41. The monoisotopic (exact) mass is 933 g/mol. The second kappa shape index (κ2) is 18.4. The number of rotatable bonds is 13. The average Bonchev–Trinajstić information content (AvgIpc) is 3.72. The molecule has 1 atom stereocenters. The normalized spacial score (nSPS) is 17.9. The first-order chi connectivity index (χ1) is 31.4. The molecule has 3 aromatic carbocycles. The third-order valence-corrected chi connectivity index (χ3v) is 14.0. The molecule has 1 unspecified atom stereocenters. The van der Waals surface area contributed by atoms with Crippen molar-refractivity contribution in [2.24, 2.45) is 0 Å². The summed E-state index contributed by atoms with van der Waals surface area (Å²) in [6.45, 7) is 3.43. The predicted octanol–water partition coefficient (Wildman–Crippen LogP) is 4.91. The second-order valence-electron chi connectivity index (χ2n) is 16.7. The lowest BCUT2D eigenvalue weighted by atomic mass is 9.87. The molecule has 3 fully saturated rings. The molecule has 2 aromatic heterocycles. The zero-order chi connectivity index (χ0) is 47.1. The van der Waals surface area contributed by atoms with Crippen LogP contribution in [0, 0.1) is 23.3 Å². The summed E-state index contributed by atoms with van der Waals surface area (Å²) in [5, 5.41) is 16.8. The molecule has 5 aromatic rings. The zero-order valence-corrected chi connectivity index (χ0v) is 36.8. The Morgan fingerprint density at radius 3 is 2.24 bits per heavy atom. The van der Waals surface area contributed by atoms with Gasteiger partial charge in [0, 0.05) is 93.9 Å². The minimum absolute atomic E-state index is 0.0683. The number of anilines is 4. The van der Waals surface area contributed by atoms with Gasteiger partial charge in [-0.1, -0.05) is 13.0 Å². The molecular weight excluding hydrogens is 887 g/mol. The quantitative estimate of drug-likeness (QED) is 0.0611. The second-order valence-corrected chi connectivity index (χ2v) is 18.5. The molecule has 66 heavy (non-hydrogen) atoms. The number of aliphatic hydroxyl groups is 1. The smallest absolute Gasteiger partial charge is 0.301 e. The zero-order valence-electron chi connectivity index (χ0n) is 36.0. The number of H-pyrrole nitrogens is 1. The Hall–Kier alpha value is -6.58. The maximum atomic E-state index is 15.8. The third-order valence-electron chi connectivity index (χ3n) is 12.5. The van der Waals surface area contributed by atoms with Crippen LogP contribution in [0.1, 0.15) is 54.9 Å². The van der Waals surface area contributed by atoms with Gasteiger partial charge < -0.3 is 30.1 Å². The summed E-state index contributed by atoms with van der Waals surface area (Å²) in [7, 11) is -2.93. The number of carbonyl (C=O) groups excluding carboxylic acids is 4. The van der Waals surface area contributed by atoms with Gasteiger partial charge in [0.2, 0.25) is 23.5 Å². The van der Waals surface area contributed by atoms with Crippen molar-refractivity contribution in [2.75, 3.05) is 72.7 Å². The summed E-state index contributed by atoms with van der Waals surface area (Å²) < 4.78 is 89.8. The van der Waals surface area contributed by atoms with Crippen LogP contribution in [-0.4, -0.2) is 121 Å². The number of hydrogen-bond donors (Lipinski definition) is 5. The van der Waals surface area contributed by atoms with Gasteiger partial charge in [0.1, 0.15) is 29.1 Å². The molecule has 8 rings (SSSR count). The SMILES string of the molecule is CCN(C)S(=O)(=O)Nc1ccc(F)c(C(=O)c2c[nH]c3ncc(-c4ccc(N5CCN(C(=O)CC6(O)CCN(c7ccc(NC8CCC(=O)NC8=O)cc7F)CC6)CC5)c(F)c4)cc23)c1F. The summed E-state index contributed by atoms with van der Waals surface area (Å²) in [4.78, 5) is 63.0. The number of nitrogens with one attached hydrogen (secondary N) is 4. The van der Waals surface area contributed by atoms with Gasteiger partial charge in [0.15, 0.2) is 5.82 Å². The first-order valence-corrected chi connectivity index (χ1v) is 22.8. The summed E-state index contributed by atoms with van der Waals surface area (Å²) in [5.41, 5.74) is -1.01. The van der Waals surface area contributed by atoms with Crippen LogP contribution in [0.4, 0.5) is 40.3 Å². The standard InChI is InChI=1S/C45H47F4N9O7S/c1-3-55(2)66(64,65)54-34-7-6-31(46)40(41(34)49)42(61)30-25-51-43-29(30)20-27(24-50-43)26-4-9-36(32(47)21-26)57-16-18-58(19-17-57)39(60)23-45(63)12-14-56(15-13-45)37-10-5-28(22-33(37)48)52-35-8-11-38(59)53-44(35)62/h4-7,9-10,20-22,24-25,35,52,54,63H,3,8,11-19,23H2,1-2H3,(H,50,51)(H,53,59,62). The van der Waals surface area contributed by atoms with Gasteiger partial charge in [-0.15, -0.1) is 0 Å². The maximum Gasteiger partial charge on any atom is 0.301 e. The molecule has 16 nitrogen and oxygen atoms in total. The minimum Gasteiger partial charge on any atom is -0.389 e. The van der Waals surface area contributed by atoms with Crippen LogP contribution < -0.4 is 25.2 Å². The number of nitrogens with zero attached hydrogens (tertiary/aromatic N) is 5. The molecule has 21 heteroatoms. The number of fused-ring (bicyclic) bond motifs is 1. The Bertz CT molecular complexity index is 2850. The van der Waals surface area contributed by atoms with E-state index in [1.807, 2.05) is 4.72 Å². The molecule has 0 aliphatic carbocycles. The summed E-state index contributed by atoms with van der Waals surface area (Å²) >= 11 is 0. The largest absolute Gasteiger partial charge is 0.389 e. The van der Waals surface area contributed by atoms with Crippen LogP contribution in [0.15, 0.2) is 67.0 Å². The molecule has 348 valence electrons. The fourth-order valence-electron chi connectivity index (χ4n) is 8.47. The summed E-state index contributed by atoms with van der Waals surface area (Å²) in [6, 6.07) is 11.6. The number of amides is 3. The number of imide groups is 1. The third kappa shape index (κ3) is 9.40. The van der Waals surface area contributed by atoms with E-state index >= 15 is 17.6 Å². The number of aromatic nitrogens is 2. The highest BCUT2D eigenvalue weighted by atomic mass is 32.2. The Balaban J connectivity index is 0.868. The van der Waals surface area contributed by atoms with E-state index in [-0.39, 0.29) is 73.7 Å².